The molecule has 0 spiro atoms. The predicted octanol–water partition coefficient (Wildman–Crippen LogP) is 7.19. The molecule has 114 valence electrons. The lowest BCUT2D eigenvalue weighted by Crippen LogP contribution is -2.04. The number of aliphatic imine (C=N–C) groups is 2. The fourth-order valence-corrected chi connectivity index (χ4v) is 2.65. The third-order valence-corrected chi connectivity index (χ3v) is 4.18. The minimum Gasteiger partial charge on any atom is -0.249 e. The molecular weight excluding hydrogens is 362 g/mol. The molecule has 0 aliphatic carbocycles. The van der Waals surface area contributed by atoms with E-state index in [2.05, 4.69) is 9.98 Å². The topological polar surface area (TPSA) is 24.7 Å². The van der Waals surface area contributed by atoms with E-state index in [9.17, 15) is 0 Å². The highest BCUT2D eigenvalue weighted by atomic mass is 35.5. The summed E-state index contributed by atoms with van der Waals surface area (Å²) in [6, 6.07) is 10.5. The Balaban J connectivity index is 2.42. The van der Waals surface area contributed by atoms with Crippen molar-refractivity contribution in [3.8, 4) is 0 Å². The van der Waals surface area contributed by atoms with Crippen LogP contribution >= 0.6 is 46.4 Å². The van der Waals surface area contributed by atoms with Crippen LogP contribution in [-0.4, -0.2) is 11.4 Å². The summed E-state index contributed by atoms with van der Waals surface area (Å²) in [7, 11) is 0. The summed E-state index contributed by atoms with van der Waals surface area (Å²) in [5, 5.41) is 1.93. The lowest BCUT2D eigenvalue weighted by Gasteiger charge is -2.06. The molecule has 0 amide bonds. The summed E-state index contributed by atoms with van der Waals surface area (Å²) < 4.78 is 0. The van der Waals surface area contributed by atoms with Crippen LogP contribution < -0.4 is 0 Å². The van der Waals surface area contributed by atoms with Crippen LogP contribution in [0.1, 0.15) is 13.8 Å². The summed E-state index contributed by atoms with van der Waals surface area (Å²) in [6.07, 6.45) is 0. The van der Waals surface area contributed by atoms with Crippen LogP contribution in [0.5, 0.6) is 0 Å². The summed E-state index contributed by atoms with van der Waals surface area (Å²) in [4.78, 5) is 8.90. The first-order chi connectivity index (χ1) is 10.4. The number of halogens is 4. The monoisotopic (exact) mass is 372 g/mol. The van der Waals surface area contributed by atoms with E-state index in [-0.39, 0.29) is 0 Å². The minimum absolute atomic E-state index is 0.482. The van der Waals surface area contributed by atoms with E-state index in [1.807, 2.05) is 13.8 Å². The van der Waals surface area contributed by atoms with Gasteiger partial charge < -0.3 is 0 Å². The molecule has 0 saturated heterocycles. The number of benzene rings is 2. The number of para-hydroxylation sites is 2. The van der Waals surface area contributed by atoms with Gasteiger partial charge in [0.25, 0.3) is 0 Å². The third-order valence-electron chi connectivity index (χ3n) is 2.96. The molecule has 2 rings (SSSR count). The van der Waals surface area contributed by atoms with Crippen molar-refractivity contribution >= 4 is 69.2 Å². The number of rotatable bonds is 3. The molecule has 0 unspecified atom stereocenters. The highest BCUT2D eigenvalue weighted by Gasteiger charge is 2.08. The first kappa shape index (κ1) is 17.3. The molecule has 2 nitrogen and oxygen atoms in total. The molecule has 2 aromatic carbocycles. The molecule has 0 fully saturated rings. The summed E-state index contributed by atoms with van der Waals surface area (Å²) in [5.74, 6) is 0. The Bertz CT molecular complexity index is 661. The SMILES string of the molecule is CC(=Nc1c(Cl)cccc1Cl)C(C)=Nc1c(Cl)cccc1Cl. The van der Waals surface area contributed by atoms with Gasteiger partial charge in [-0.1, -0.05) is 58.5 Å². The van der Waals surface area contributed by atoms with Crippen LogP contribution in [0.3, 0.4) is 0 Å². The van der Waals surface area contributed by atoms with E-state index in [1.165, 1.54) is 0 Å². The smallest absolute Gasteiger partial charge is 0.101 e. The summed E-state index contributed by atoms with van der Waals surface area (Å²) >= 11 is 24.5. The molecule has 0 bridgehead atoms. The van der Waals surface area contributed by atoms with Crippen molar-refractivity contribution in [3.63, 3.8) is 0 Å². The molecule has 0 aromatic heterocycles. The molecule has 0 heterocycles. The van der Waals surface area contributed by atoms with Gasteiger partial charge in [-0.2, -0.15) is 0 Å². The van der Waals surface area contributed by atoms with E-state index in [1.54, 1.807) is 36.4 Å². The second kappa shape index (κ2) is 7.47. The zero-order valence-electron chi connectivity index (χ0n) is 11.9. The van der Waals surface area contributed by atoms with Crippen LogP contribution in [0.4, 0.5) is 11.4 Å². The van der Waals surface area contributed by atoms with E-state index >= 15 is 0 Å². The fourth-order valence-electron chi connectivity index (χ4n) is 1.69. The summed E-state index contributed by atoms with van der Waals surface area (Å²) in [6.45, 7) is 3.65. The lowest BCUT2D eigenvalue weighted by molar-refractivity contribution is 1.47. The highest BCUT2D eigenvalue weighted by molar-refractivity contribution is 6.45. The number of hydrogen-bond acceptors (Lipinski definition) is 2. The Morgan fingerprint density at radius 1 is 0.636 bits per heavy atom. The van der Waals surface area contributed by atoms with E-state index in [0.29, 0.717) is 42.9 Å². The molecule has 0 radical (unpaired) electrons. The molecular formula is C16H12Cl4N2. The fraction of sp³-hybridized carbons (Fsp3) is 0.125. The van der Waals surface area contributed by atoms with Gasteiger partial charge in [-0.15, -0.1) is 0 Å². The Kier molecular flexibility index (Phi) is 5.87. The molecule has 2 aromatic rings. The van der Waals surface area contributed by atoms with Gasteiger partial charge in [0.15, 0.2) is 0 Å². The van der Waals surface area contributed by atoms with Gasteiger partial charge in [0.1, 0.15) is 11.4 Å². The first-order valence-corrected chi connectivity index (χ1v) is 7.90. The van der Waals surface area contributed by atoms with E-state index in [0.717, 1.165) is 0 Å². The number of hydrogen-bond donors (Lipinski definition) is 0. The van der Waals surface area contributed by atoms with Gasteiger partial charge in [-0.3, -0.25) is 0 Å². The van der Waals surface area contributed by atoms with E-state index < -0.39 is 0 Å². The Morgan fingerprint density at radius 2 is 0.909 bits per heavy atom. The zero-order chi connectivity index (χ0) is 16.3. The predicted molar refractivity (Wildman–Crippen MR) is 98.5 cm³/mol. The van der Waals surface area contributed by atoms with Crippen molar-refractivity contribution in [3.05, 3.63) is 56.5 Å². The molecule has 0 aliphatic rings. The van der Waals surface area contributed by atoms with Crippen molar-refractivity contribution in [2.24, 2.45) is 9.98 Å². The molecule has 0 N–H and O–H groups in total. The van der Waals surface area contributed by atoms with Gasteiger partial charge in [0, 0.05) is 0 Å². The molecule has 6 heteroatoms. The average Bonchev–Trinajstić information content (AvgIpc) is 2.46. The molecule has 0 aliphatic heterocycles. The van der Waals surface area contributed by atoms with E-state index in [4.69, 9.17) is 46.4 Å². The van der Waals surface area contributed by atoms with Gasteiger partial charge in [-0.25, -0.2) is 9.98 Å². The molecule has 0 atom stereocenters. The third kappa shape index (κ3) is 4.02. The van der Waals surface area contributed by atoms with Gasteiger partial charge in [0.2, 0.25) is 0 Å². The van der Waals surface area contributed by atoms with Crippen molar-refractivity contribution in [2.45, 2.75) is 13.8 Å². The van der Waals surface area contributed by atoms with Crippen molar-refractivity contribution < 1.29 is 0 Å². The first-order valence-electron chi connectivity index (χ1n) is 6.39. The van der Waals surface area contributed by atoms with Crippen LogP contribution in [0, 0.1) is 0 Å². The van der Waals surface area contributed by atoms with Gasteiger partial charge in [-0.05, 0) is 38.1 Å². The normalized spacial score (nSPS) is 12.6. The Labute approximate surface area is 149 Å². The van der Waals surface area contributed by atoms with Gasteiger partial charge >= 0.3 is 0 Å². The van der Waals surface area contributed by atoms with Crippen molar-refractivity contribution in [2.75, 3.05) is 0 Å². The summed E-state index contributed by atoms with van der Waals surface area (Å²) in [5.41, 5.74) is 2.38. The second-order valence-corrected chi connectivity index (χ2v) is 6.16. The van der Waals surface area contributed by atoms with Gasteiger partial charge in [0.05, 0.1) is 31.5 Å². The second-order valence-electron chi connectivity index (χ2n) is 4.53. The maximum Gasteiger partial charge on any atom is 0.101 e. The average molecular weight is 374 g/mol. The van der Waals surface area contributed by atoms with Crippen LogP contribution in [0.25, 0.3) is 0 Å². The number of nitrogens with zero attached hydrogens (tertiary/aromatic N) is 2. The van der Waals surface area contributed by atoms with Crippen molar-refractivity contribution in [1.29, 1.82) is 0 Å². The molecule has 0 saturated carbocycles. The van der Waals surface area contributed by atoms with Crippen LogP contribution in [-0.2, 0) is 0 Å². The minimum atomic E-state index is 0.482. The Hall–Kier alpha value is -1.06. The van der Waals surface area contributed by atoms with Crippen LogP contribution in [0.15, 0.2) is 46.4 Å². The highest BCUT2D eigenvalue weighted by Crippen LogP contribution is 2.34. The maximum absolute atomic E-state index is 6.12. The zero-order valence-corrected chi connectivity index (χ0v) is 14.9. The standard InChI is InChI=1S/C16H12Cl4N2/c1-9(21-15-11(17)5-3-6-12(15)18)10(2)22-16-13(19)7-4-8-14(16)20/h3-8H,1-2H3. The van der Waals surface area contributed by atoms with Crippen LogP contribution in [0.2, 0.25) is 20.1 Å². The lowest BCUT2D eigenvalue weighted by atomic mass is 10.2. The molecule has 22 heavy (non-hydrogen) atoms. The Morgan fingerprint density at radius 3 is 1.18 bits per heavy atom. The largest absolute Gasteiger partial charge is 0.249 e. The quantitative estimate of drug-likeness (QED) is 0.508. The van der Waals surface area contributed by atoms with Crippen molar-refractivity contribution in [1.82, 2.24) is 0 Å². The maximum atomic E-state index is 6.12.